The summed E-state index contributed by atoms with van der Waals surface area (Å²) in [4.78, 5) is 0. The van der Waals surface area contributed by atoms with E-state index in [1.165, 1.54) is 31.2 Å². The average Bonchev–Trinajstić information content (AvgIpc) is 3.10. The summed E-state index contributed by atoms with van der Waals surface area (Å²) >= 11 is 5.39. The van der Waals surface area contributed by atoms with Crippen LogP contribution in [0.5, 0.6) is 5.75 Å². The Morgan fingerprint density at radius 3 is 2.65 bits per heavy atom. The van der Waals surface area contributed by atoms with Gasteiger partial charge in [0.15, 0.2) is 4.77 Å². The molecule has 0 atom stereocenters. The van der Waals surface area contributed by atoms with E-state index in [0.29, 0.717) is 6.04 Å². The van der Waals surface area contributed by atoms with E-state index in [9.17, 15) is 0 Å². The van der Waals surface area contributed by atoms with Gasteiger partial charge >= 0.3 is 0 Å². The molecule has 1 aromatic heterocycles. The minimum Gasteiger partial charge on any atom is -0.497 e. The zero-order chi connectivity index (χ0) is 13.9. The molecule has 5 heteroatoms. The van der Waals surface area contributed by atoms with Crippen LogP contribution in [0.3, 0.4) is 0 Å². The van der Waals surface area contributed by atoms with Gasteiger partial charge < -0.3 is 9.30 Å². The Balaban J connectivity index is 1.84. The molecule has 1 heterocycles. The number of aromatic nitrogens is 3. The Bertz CT molecular complexity index is 623. The molecule has 0 saturated heterocycles. The Labute approximate surface area is 123 Å². The van der Waals surface area contributed by atoms with E-state index in [0.717, 1.165) is 22.8 Å². The normalized spacial score (nSPS) is 15.7. The molecule has 4 nitrogen and oxygen atoms in total. The van der Waals surface area contributed by atoms with Gasteiger partial charge in [-0.2, -0.15) is 5.10 Å². The smallest absolute Gasteiger partial charge is 0.195 e. The van der Waals surface area contributed by atoms with Gasteiger partial charge in [0.25, 0.3) is 0 Å². The molecule has 0 spiro atoms. The first-order valence-corrected chi connectivity index (χ1v) is 7.47. The van der Waals surface area contributed by atoms with Crippen molar-refractivity contribution in [1.29, 1.82) is 0 Å². The highest BCUT2D eigenvalue weighted by atomic mass is 32.1. The molecule has 0 radical (unpaired) electrons. The standard InChI is InChI=1S/C15H19N3OS/c1-19-13-8-6-11(7-9-13)10-14-16-17-15(20)18(14)12-4-2-3-5-12/h6-9,12H,2-5,10H2,1H3,(H,17,20). The van der Waals surface area contributed by atoms with Crippen LogP contribution in [0.15, 0.2) is 24.3 Å². The number of nitrogens with zero attached hydrogens (tertiary/aromatic N) is 2. The third-order valence-corrected chi connectivity index (χ3v) is 4.28. The van der Waals surface area contributed by atoms with Crippen molar-refractivity contribution in [2.75, 3.05) is 7.11 Å². The number of H-pyrrole nitrogens is 1. The van der Waals surface area contributed by atoms with Crippen LogP contribution in [0, 0.1) is 4.77 Å². The molecule has 1 aliphatic carbocycles. The van der Waals surface area contributed by atoms with Gasteiger partial charge in [-0.3, -0.25) is 5.10 Å². The van der Waals surface area contributed by atoms with Gasteiger partial charge in [0.1, 0.15) is 11.6 Å². The van der Waals surface area contributed by atoms with E-state index >= 15 is 0 Å². The minimum atomic E-state index is 0.523. The third-order valence-electron chi connectivity index (χ3n) is 3.99. The zero-order valence-electron chi connectivity index (χ0n) is 11.6. The summed E-state index contributed by atoms with van der Waals surface area (Å²) in [7, 11) is 1.68. The largest absolute Gasteiger partial charge is 0.497 e. The lowest BCUT2D eigenvalue weighted by molar-refractivity contribution is 0.414. The second-order valence-corrected chi connectivity index (χ2v) is 5.66. The number of hydrogen-bond acceptors (Lipinski definition) is 3. The van der Waals surface area contributed by atoms with Gasteiger partial charge in [0, 0.05) is 12.5 Å². The average molecular weight is 289 g/mol. The molecule has 0 bridgehead atoms. The summed E-state index contributed by atoms with van der Waals surface area (Å²) in [6, 6.07) is 8.65. The Morgan fingerprint density at radius 2 is 2.00 bits per heavy atom. The molecular weight excluding hydrogens is 270 g/mol. The maximum atomic E-state index is 5.39. The molecule has 1 aromatic carbocycles. The van der Waals surface area contributed by atoms with Crippen LogP contribution in [-0.2, 0) is 6.42 Å². The fraction of sp³-hybridized carbons (Fsp3) is 0.467. The molecular formula is C15H19N3OS. The molecule has 0 amide bonds. The molecule has 0 unspecified atom stereocenters. The number of rotatable bonds is 4. The molecule has 0 aliphatic heterocycles. The lowest BCUT2D eigenvalue weighted by atomic mass is 10.1. The molecule has 20 heavy (non-hydrogen) atoms. The van der Waals surface area contributed by atoms with Crippen molar-refractivity contribution in [3.05, 3.63) is 40.4 Å². The summed E-state index contributed by atoms with van der Waals surface area (Å²) < 4.78 is 8.15. The van der Waals surface area contributed by atoms with Gasteiger partial charge in [-0.1, -0.05) is 25.0 Å². The predicted molar refractivity (Wildman–Crippen MR) is 80.7 cm³/mol. The van der Waals surface area contributed by atoms with Crippen LogP contribution < -0.4 is 4.74 Å². The Morgan fingerprint density at radius 1 is 1.30 bits per heavy atom. The van der Waals surface area contributed by atoms with Gasteiger partial charge in [-0.15, -0.1) is 0 Å². The second-order valence-electron chi connectivity index (χ2n) is 5.28. The van der Waals surface area contributed by atoms with Crippen molar-refractivity contribution in [2.45, 2.75) is 38.1 Å². The number of hydrogen-bond donors (Lipinski definition) is 1. The van der Waals surface area contributed by atoms with Crippen molar-refractivity contribution in [3.8, 4) is 5.75 Å². The molecule has 1 fully saturated rings. The van der Waals surface area contributed by atoms with Crippen LogP contribution in [-0.4, -0.2) is 21.9 Å². The summed E-state index contributed by atoms with van der Waals surface area (Å²) in [6.07, 6.45) is 5.81. The first kappa shape index (κ1) is 13.4. The van der Waals surface area contributed by atoms with E-state index in [-0.39, 0.29) is 0 Å². The van der Waals surface area contributed by atoms with Gasteiger partial charge in [0.05, 0.1) is 7.11 Å². The number of ether oxygens (including phenoxy) is 1. The molecule has 1 saturated carbocycles. The number of benzene rings is 1. The van der Waals surface area contributed by atoms with E-state index in [1.54, 1.807) is 7.11 Å². The summed E-state index contributed by atoms with van der Waals surface area (Å²) in [5.74, 6) is 1.91. The highest BCUT2D eigenvalue weighted by molar-refractivity contribution is 7.71. The van der Waals surface area contributed by atoms with Crippen molar-refractivity contribution in [3.63, 3.8) is 0 Å². The fourth-order valence-electron chi connectivity index (χ4n) is 2.93. The molecule has 1 N–H and O–H groups in total. The molecule has 2 aromatic rings. The molecule has 3 rings (SSSR count). The maximum Gasteiger partial charge on any atom is 0.195 e. The lowest BCUT2D eigenvalue weighted by Crippen LogP contribution is -2.10. The minimum absolute atomic E-state index is 0.523. The van der Waals surface area contributed by atoms with Crippen LogP contribution in [0.25, 0.3) is 0 Å². The van der Waals surface area contributed by atoms with Crippen molar-refractivity contribution < 1.29 is 4.74 Å². The summed E-state index contributed by atoms with van der Waals surface area (Å²) in [5, 5.41) is 7.36. The summed E-state index contributed by atoms with van der Waals surface area (Å²) in [6.45, 7) is 0. The number of methoxy groups -OCH3 is 1. The zero-order valence-corrected chi connectivity index (χ0v) is 12.4. The first-order chi connectivity index (χ1) is 9.78. The highest BCUT2D eigenvalue weighted by Crippen LogP contribution is 2.30. The monoisotopic (exact) mass is 289 g/mol. The van der Waals surface area contributed by atoms with Gasteiger partial charge in [-0.05, 0) is 42.8 Å². The highest BCUT2D eigenvalue weighted by Gasteiger charge is 2.21. The van der Waals surface area contributed by atoms with Gasteiger partial charge in [-0.25, -0.2) is 0 Å². The molecule has 106 valence electrons. The van der Waals surface area contributed by atoms with Crippen LogP contribution in [0.2, 0.25) is 0 Å². The van der Waals surface area contributed by atoms with Crippen LogP contribution in [0.1, 0.15) is 43.1 Å². The van der Waals surface area contributed by atoms with Crippen molar-refractivity contribution in [2.24, 2.45) is 0 Å². The topological polar surface area (TPSA) is 42.8 Å². The molecule has 1 aliphatic rings. The van der Waals surface area contributed by atoms with Crippen molar-refractivity contribution in [1.82, 2.24) is 14.8 Å². The van der Waals surface area contributed by atoms with E-state index in [4.69, 9.17) is 17.0 Å². The quantitative estimate of drug-likeness (QED) is 0.874. The van der Waals surface area contributed by atoms with E-state index in [2.05, 4.69) is 26.9 Å². The predicted octanol–water partition coefficient (Wildman–Crippen LogP) is 3.66. The van der Waals surface area contributed by atoms with E-state index < -0.39 is 0 Å². The van der Waals surface area contributed by atoms with E-state index in [1.807, 2.05) is 12.1 Å². The first-order valence-electron chi connectivity index (χ1n) is 7.06. The third kappa shape index (κ3) is 2.63. The lowest BCUT2D eigenvalue weighted by Gasteiger charge is -2.14. The second kappa shape index (κ2) is 5.79. The van der Waals surface area contributed by atoms with Crippen molar-refractivity contribution >= 4 is 12.2 Å². The number of nitrogens with one attached hydrogen (secondary N) is 1. The van der Waals surface area contributed by atoms with Gasteiger partial charge in [0.2, 0.25) is 0 Å². The maximum absolute atomic E-state index is 5.39. The summed E-state index contributed by atoms with van der Waals surface area (Å²) in [5.41, 5.74) is 1.22. The van der Waals surface area contributed by atoms with Crippen LogP contribution >= 0.6 is 12.2 Å². The Hall–Kier alpha value is -1.62. The van der Waals surface area contributed by atoms with Crippen LogP contribution in [0.4, 0.5) is 0 Å². The SMILES string of the molecule is COc1ccc(Cc2n[nH]c(=S)n2C2CCCC2)cc1. The Kier molecular flexibility index (Phi) is 3.87. The number of aromatic amines is 1. The fourth-order valence-corrected chi connectivity index (χ4v) is 3.23.